The largest absolute Gasteiger partial charge is 0.350 e. The Morgan fingerprint density at radius 1 is 1.00 bits per heavy atom. The van der Waals surface area contributed by atoms with E-state index in [-0.39, 0.29) is 13.0 Å². The number of nitrogens with zero attached hydrogens (tertiary/aromatic N) is 2. The van der Waals surface area contributed by atoms with Crippen LogP contribution in [0.2, 0.25) is 10.0 Å². The standard InChI is InChI=1S/C16H28N2O2.C15H13BCl2/c1-3-5-6-7-8-15-11-17-13-18(15)12-14(4-2)16-19-9-10-20-16;1-11(2)16(12-7-3-5-9-14(12)17)13-8-4-6-10-15(13)18/h11,13-14,16H,3-10,12H2,1-2H3;3-10H,1H2,2H3. The van der Waals surface area contributed by atoms with Gasteiger partial charge in [0.2, 0.25) is 6.71 Å². The number of rotatable bonds is 12. The molecule has 1 aliphatic heterocycles. The van der Waals surface area contributed by atoms with Gasteiger partial charge in [0.1, 0.15) is 0 Å². The van der Waals surface area contributed by atoms with Gasteiger partial charge in [-0.3, -0.25) is 0 Å². The summed E-state index contributed by atoms with van der Waals surface area (Å²) in [4.78, 5) is 4.32. The summed E-state index contributed by atoms with van der Waals surface area (Å²) in [7, 11) is 0. The molecule has 1 aromatic heterocycles. The topological polar surface area (TPSA) is 36.3 Å². The van der Waals surface area contributed by atoms with Crippen molar-refractivity contribution >= 4 is 40.8 Å². The van der Waals surface area contributed by atoms with Crippen molar-refractivity contribution < 1.29 is 9.47 Å². The quantitative estimate of drug-likeness (QED) is 0.176. The van der Waals surface area contributed by atoms with Gasteiger partial charge in [-0.05, 0) is 31.4 Å². The van der Waals surface area contributed by atoms with Crippen LogP contribution in [0.4, 0.5) is 0 Å². The summed E-state index contributed by atoms with van der Waals surface area (Å²) in [6.45, 7) is 13.0. The zero-order valence-corrected chi connectivity index (χ0v) is 24.6. The molecule has 4 nitrogen and oxygen atoms in total. The molecule has 3 aromatic rings. The van der Waals surface area contributed by atoms with Crippen LogP contribution in [-0.2, 0) is 22.4 Å². The molecule has 2 heterocycles. The molecule has 0 saturated carbocycles. The number of hydrogen-bond donors (Lipinski definition) is 0. The van der Waals surface area contributed by atoms with E-state index in [0.717, 1.165) is 59.0 Å². The maximum Gasteiger partial charge on any atom is 0.240 e. The average molecular weight is 555 g/mol. The van der Waals surface area contributed by atoms with E-state index in [2.05, 4.69) is 30.0 Å². The Morgan fingerprint density at radius 3 is 2.13 bits per heavy atom. The number of hydrogen-bond acceptors (Lipinski definition) is 3. The molecule has 0 N–H and O–H groups in total. The number of benzene rings is 2. The second-order valence-corrected chi connectivity index (χ2v) is 10.8. The van der Waals surface area contributed by atoms with Crippen molar-refractivity contribution in [2.75, 3.05) is 13.2 Å². The molecule has 1 unspecified atom stereocenters. The van der Waals surface area contributed by atoms with Crippen LogP contribution < -0.4 is 10.9 Å². The normalized spacial score (nSPS) is 14.1. The lowest BCUT2D eigenvalue weighted by Gasteiger charge is -2.22. The second-order valence-electron chi connectivity index (χ2n) is 9.95. The predicted octanol–water partition coefficient (Wildman–Crippen LogP) is 7.12. The Bertz CT molecular complexity index is 1080. The van der Waals surface area contributed by atoms with Crippen molar-refractivity contribution in [3.05, 3.63) is 88.8 Å². The van der Waals surface area contributed by atoms with E-state index in [1.165, 1.54) is 31.4 Å². The number of aryl methyl sites for hydroxylation is 1. The van der Waals surface area contributed by atoms with Gasteiger partial charge in [0, 0.05) is 34.4 Å². The summed E-state index contributed by atoms with van der Waals surface area (Å²) < 4.78 is 13.6. The molecule has 204 valence electrons. The molecular weight excluding hydrogens is 514 g/mol. The lowest BCUT2D eigenvalue weighted by Crippen LogP contribution is -2.44. The third-order valence-electron chi connectivity index (χ3n) is 7.00. The zero-order chi connectivity index (χ0) is 27.3. The Morgan fingerprint density at radius 2 is 1.61 bits per heavy atom. The molecule has 0 spiro atoms. The van der Waals surface area contributed by atoms with E-state index in [9.17, 15) is 0 Å². The monoisotopic (exact) mass is 554 g/mol. The summed E-state index contributed by atoms with van der Waals surface area (Å²) in [6.07, 6.45) is 11.3. The van der Waals surface area contributed by atoms with Crippen molar-refractivity contribution in [2.45, 2.75) is 72.1 Å². The first-order valence-corrected chi connectivity index (χ1v) is 14.6. The van der Waals surface area contributed by atoms with Gasteiger partial charge in [0.15, 0.2) is 6.29 Å². The van der Waals surface area contributed by atoms with Crippen LogP contribution in [-0.4, -0.2) is 35.8 Å². The van der Waals surface area contributed by atoms with Gasteiger partial charge < -0.3 is 14.0 Å². The lowest BCUT2D eigenvalue weighted by atomic mass is 9.37. The Balaban J connectivity index is 0.000000212. The van der Waals surface area contributed by atoms with Gasteiger partial charge in [-0.25, -0.2) is 4.98 Å². The van der Waals surface area contributed by atoms with Crippen LogP contribution in [0.1, 0.15) is 58.6 Å². The molecule has 4 rings (SSSR count). The lowest BCUT2D eigenvalue weighted by molar-refractivity contribution is -0.0886. The number of aromatic nitrogens is 2. The summed E-state index contributed by atoms with van der Waals surface area (Å²) in [5, 5.41) is 1.48. The highest BCUT2D eigenvalue weighted by Gasteiger charge is 2.26. The summed E-state index contributed by atoms with van der Waals surface area (Å²) in [5.74, 6) is 0.418. The van der Waals surface area contributed by atoms with E-state index in [0.29, 0.717) is 5.92 Å². The van der Waals surface area contributed by atoms with E-state index < -0.39 is 0 Å². The van der Waals surface area contributed by atoms with Gasteiger partial charge in [0.05, 0.1) is 19.5 Å². The SMILES string of the molecule is C=C(C)B(c1ccccc1Cl)c1ccccc1Cl.CCCCCCc1cncn1CC(CC)C1OCCO1. The van der Waals surface area contributed by atoms with Crippen LogP contribution in [0.25, 0.3) is 0 Å². The summed E-state index contributed by atoms with van der Waals surface area (Å²) in [5.41, 5.74) is 4.45. The molecule has 38 heavy (non-hydrogen) atoms. The molecule has 2 aromatic carbocycles. The highest BCUT2D eigenvalue weighted by molar-refractivity contribution is 6.93. The minimum absolute atomic E-state index is 0.0321. The minimum atomic E-state index is -0.0321. The molecule has 0 bridgehead atoms. The first-order valence-electron chi connectivity index (χ1n) is 13.8. The Kier molecular flexibility index (Phi) is 13.0. The van der Waals surface area contributed by atoms with Crippen molar-refractivity contribution in [3.8, 4) is 0 Å². The fourth-order valence-corrected chi connectivity index (χ4v) is 5.37. The van der Waals surface area contributed by atoms with Crippen LogP contribution in [0.5, 0.6) is 0 Å². The molecule has 1 atom stereocenters. The van der Waals surface area contributed by atoms with Crippen LogP contribution in [0.15, 0.2) is 73.1 Å². The minimum Gasteiger partial charge on any atom is -0.350 e. The smallest absolute Gasteiger partial charge is 0.240 e. The Hall–Kier alpha value is -2.05. The summed E-state index contributed by atoms with van der Waals surface area (Å²) >= 11 is 12.6. The van der Waals surface area contributed by atoms with Crippen molar-refractivity contribution in [3.63, 3.8) is 0 Å². The molecule has 1 saturated heterocycles. The molecule has 1 aliphatic rings. The average Bonchev–Trinajstić information content (AvgIpc) is 3.60. The third kappa shape index (κ3) is 8.74. The van der Waals surface area contributed by atoms with E-state index >= 15 is 0 Å². The van der Waals surface area contributed by atoms with Crippen molar-refractivity contribution in [1.82, 2.24) is 9.55 Å². The van der Waals surface area contributed by atoms with E-state index in [1.807, 2.05) is 68.0 Å². The fraction of sp³-hybridized carbons (Fsp3) is 0.452. The number of imidazole rings is 1. The number of ether oxygens (including phenoxy) is 2. The highest BCUT2D eigenvalue weighted by Crippen LogP contribution is 2.21. The molecule has 7 heteroatoms. The van der Waals surface area contributed by atoms with Gasteiger partial charge in [-0.15, -0.1) is 12.1 Å². The molecule has 0 radical (unpaired) electrons. The maximum atomic E-state index is 6.28. The second kappa shape index (κ2) is 16.1. The van der Waals surface area contributed by atoms with E-state index in [4.69, 9.17) is 32.7 Å². The molecule has 0 amide bonds. The van der Waals surface area contributed by atoms with Crippen LogP contribution in [0, 0.1) is 5.92 Å². The molecule has 0 aliphatic carbocycles. The van der Waals surface area contributed by atoms with Crippen molar-refractivity contribution in [1.29, 1.82) is 0 Å². The first-order chi connectivity index (χ1) is 18.5. The Labute approximate surface area is 239 Å². The van der Waals surface area contributed by atoms with E-state index in [1.54, 1.807) is 0 Å². The van der Waals surface area contributed by atoms with Gasteiger partial charge in [-0.2, -0.15) is 0 Å². The van der Waals surface area contributed by atoms with Gasteiger partial charge in [0.25, 0.3) is 0 Å². The van der Waals surface area contributed by atoms with Crippen LogP contribution >= 0.6 is 23.2 Å². The number of halogens is 2. The first kappa shape index (κ1) is 30.5. The molecular formula is C31H41BCl2N2O2. The molecule has 1 fully saturated rings. The number of unbranched alkanes of at least 4 members (excludes halogenated alkanes) is 3. The predicted molar refractivity (Wildman–Crippen MR) is 162 cm³/mol. The van der Waals surface area contributed by atoms with Gasteiger partial charge in [-0.1, -0.05) is 111 Å². The summed E-state index contributed by atoms with van der Waals surface area (Å²) in [6, 6.07) is 15.6. The van der Waals surface area contributed by atoms with Crippen LogP contribution in [0.3, 0.4) is 0 Å². The highest BCUT2D eigenvalue weighted by atomic mass is 35.5. The maximum absolute atomic E-state index is 6.28. The fourth-order valence-electron chi connectivity index (χ4n) is 4.88. The number of allylic oxidation sites excluding steroid dienone is 1. The van der Waals surface area contributed by atoms with Gasteiger partial charge >= 0.3 is 0 Å². The zero-order valence-electron chi connectivity index (χ0n) is 23.0. The van der Waals surface area contributed by atoms with Crippen molar-refractivity contribution in [2.24, 2.45) is 5.92 Å². The third-order valence-corrected chi connectivity index (χ3v) is 7.69.